The predicted octanol–water partition coefficient (Wildman–Crippen LogP) is 3.02. The van der Waals surface area contributed by atoms with Crippen molar-refractivity contribution in [3.8, 4) is 0 Å². The van der Waals surface area contributed by atoms with Gasteiger partial charge in [-0.1, -0.05) is 0 Å². The Morgan fingerprint density at radius 1 is 1.29 bits per heavy atom. The van der Waals surface area contributed by atoms with E-state index in [0.717, 1.165) is 31.6 Å². The molecule has 2 atom stereocenters. The maximum absolute atomic E-state index is 13.2. The third-order valence-electron chi connectivity index (χ3n) is 4.89. The summed E-state index contributed by atoms with van der Waals surface area (Å²) in [6, 6.07) is 1.86. The number of aromatic amines is 1. The average molecular weight is 300 g/mol. The molecule has 0 aromatic carbocycles. The molecule has 1 saturated carbocycles. The second-order valence-corrected chi connectivity index (χ2v) is 6.52. The molecular formula is C15H22F2N2O2. The van der Waals surface area contributed by atoms with Crippen LogP contribution in [-0.2, 0) is 0 Å². The van der Waals surface area contributed by atoms with Crippen molar-refractivity contribution in [1.29, 1.82) is 0 Å². The summed E-state index contributed by atoms with van der Waals surface area (Å²) in [4.78, 5) is 11.2. The third kappa shape index (κ3) is 3.73. The Balaban J connectivity index is 1.53. The highest BCUT2D eigenvalue weighted by Gasteiger charge is 2.36. The van der Waals surface area contributed by atoms with Crippen molar-refractivity contribution >= 4 is 0 Å². The number of hydrogen-bond donors (Lipinski definition) is 2. The van der Waals surface area contributed by atoms with Gasteiger partial charge < -0.3 is 9.84 Å². The number of piperidine rings is 1. The quantitative estimate of drug-likeness (QED) is 0.902. The van der Waals surface area contributed by atoms with E-state index in [2.05, 4.69) is 10.5 Å². The Bertz CT molecular complexity index is 516. The van der Waals surface area contributed by atoms with Gasteiger partial charge in [0, 0.05) is 30.9 Å². The van der Waals surface area contributed by atoms with E-state index < -0.39 is 5.92 Å². The highest BCUT2D eigenvalue weighted by molar-refractivity contribution is 5.05. The molecule has 3 rings (SSSR count). The third-order valence-corrected chi connectivity index (χ3v) is 4.89. The lowest BCUT2D eigenvalue weighted by Crippen LogP contribution is -2.39. The van der Waals surface area contributed by atoms with Crippen molar-refractivity contribution in [2.24, 2.45) is 5.92 Å². The van der Waals surface area contributed by atoms with Gasteiger partial charge in [-0.25, -0.2) is 8.78 Å². The van der Waals surface area contributed by atoms with E-state index in [1.807, 2.05) is 0 Å². The summed E-state index contributed by atoms with van der Waals surface area (Å²) >= 11 is 0. The molecule has 6 heteroatoms. The minimum absolute atomic E-state index is 0.0283. The molecule has 21 heavy (non-hydrogen) atoms. The highest BCUT2D eigenvalue weighted by atomic mass is 19.3. The Hall–Kier alpha value is -1.17. The molecule has 4 nitrogen and oxygen atoms in total. The first-order valence-electron chi connectivity index (χ1n) is 7.81. The number of aromatic nitrogens is 1. The van der Waals surface area contributed by atoms with E-state index in [0.29, 0.717) is 24.8 Å². The number of rotatable bonds is 3. The first-order chi connectivity index (χ1) is 10.0. The highest BCUT2D eigenvalue weighted by Crippen LogP contribution is 2.39. The number of halogens is 2. The predicted molar refractivity (Wildman–Crippen MR) is 74.6 cm³/mol. The molecule has 0 radical (unpaired) electrons. The first-order valence-corrected chi connectivity index (χ1v) is 7.81. The second kappa shape index (κ2) is 5.91. The standard InChI is InChI=1S/C15H22F2N2O2/c16-15(17)4-1-10(2-5-15)7-12-8-11(3-6-18-12)13-9-14(20)19-21-13/h9-12,18H,1-8H2,(H,19,20). The zero-order chi connectivity index (χ0) is 14.9. The van der Waals surface area contributed by atoms with Gasteiger partial charge in [-0.3, -0.25) is 4.79 Å². The summed E-state index contributed by atoms with van der Waals surface area (Å²) in [6.07, 6.45) is 4.10. The van der Waals surface area contributed by atoms with Gasteiger partial charge in [0.2, 0.25) is 5.92 Å². The molecule has 2 unspecified atom stereocenters. The summed E-state index contributed by atoms with van der Waals surface area (Å²) in [6.45, 7) is 0.882. The Kier molecular flexibility index (Phi) is 4.15. The van der Waals surface area contributed by atoms with Crippen LogP contribution in [0.2, 0.25) is 0 Å². The topological polar surface area (TPSA) is 58.0 Å². The van der Waals surface area contributed by atoms with Crippen LogP contribution in [0.3, 0.4) is 0 Å². The summed E-state index contributed by atoms with van der Waals surface area (Å²) in [7, 11) is 0. The van der Waals surface area contributed by atoms with Crippen molar-refractivity contribution in [2.45, 2.75) is 62.8 Å². The van der Waals surface area contributed by atoms with Gasteiger partial charge in [-0.05, 0) is 44.6 Å². The minimum atomic E-state index is -2.45. The maximum atomic E-state index is 13.2. The fraction of sp³-hybridized carbons (Fsp3) is 0.800. The van der Waals surface area contributed by atoms with Crippen molar-refractivity contribution in [1.82, 2.24) is 10.5 Å². The summed E-state index contributed by atoms with van der Waals surface area (Å²) in [5, 5.41) is 5.81. The van der Waals surface area contributed by atoms with Crippen molar-refractivity contribution in [2.75, 3.05) is 6.54 Å². The van der Waals surface area contributed by atoms with E-state index in [1.165, 1.54) is 6.07 Å². The molecular weight excluding hydrogens is 278 g/mol. The van der Waals surface area contributed by atoms with E-state index in [4.69, 9.17) is 4.52 Å². The minimum Gasteiger partial charge on any atom is -0.383 e. The average Bonchev–Trinajstić information content (AvgIpc) is 2.88. The van der Waals surface area contributed by atoms with Crippen LogP contribution in [0.15, 0.2) is 15.4 Å². The molecule has 2 aliphatic rings. The molecule has 0 amide bonds. The molecule has 2 fully saturated rings. The van der Waals surface area contributed by atoms with Gasteiger partial charge in [-0.15, -0.1) is 0 Å². The van der Waals surface area contributed by atoms with Gasteiger partial charge >= 0.3 is 0 Å². The van der Waals surface area contributed by atoms with Crippen LogP contribution in [0, 0.1) is 5.92 Å². The molecule has 1 aromatic heterocycles. The lowest BCUT2D eigenvalue weighted by molar-refractivity contribution is -0.0477. The van der Waals surface area contributed by atoms with Gasteiger partial charge in [0.05, 0.1) is 0 Å². The van der Waals surface area contributed by atoms with E-state index in [-0.39, 0.29) is 24.3 Å². The van der Waals surface area contributed by atoms with Crippen molar-refractivity contribution in [3.05, 3.63) is 22.2 Å². The van der Waals surface area contributed by atoms with Crippen LogP contribution >= 0.6 is 0 Å². The van der Waals surface area contributed by atoms with Crippen LogP contribution in [0.25, 0.3) is 0 Å². The Morgan fingerprint density at radius 2 is 2.05 bits per heavy atom. The molecule has 2 N–H and O–H groups in total. The molecule has 1 saturated heterocycles. The fourth-order valence-corrected chi connectivity index (χ4v) is 3.68. The molecule has 118 valence electrons. The fourth-order valence-electron chi connectivity index (χ4n) is 3.68. The van der Waals surface area contributed by atoms with E-state index in [1.54, 1.807) is 0 Å². The molecule has 0 spiro atoms. The Labute approximate surface area is 122 Å². The monoisotopic (exact) mass is 300 g/mol. The van der Waals surface area contributed by atoms with E-state index in [9.17, 15) is 13.6 Å². The van der Waals surface area contributed by atoms with Gasteiger partial charge in [0.15, 0.2) is 0 Å². The van der Waals surface area contributed by atoms with Crippen LogP contribution in [0.1, 0.15) is 56.6 Å². The lowest BCUT2D eigenvalue weighted by atomic mass is 9.79. The van der Waals surface area contributed by atoms with Gasteiger partial charge in [0.1, 0.15) is 5.76 Å². The zero-order valence-corrected chi connectivity index (χ0v) is 12.0. The van der Waals surface area contributed by atoms with E-state index >= 15 is 0 Å². The van der Waals surface area contributed by atoms with Crippen LogP contribution in [-0.4, -0.2) is 23.7 Å². The number of alkyl halides is 2. The molecule has 0 bridgehead atoms. The first kappa shape index (κ1) is 14.8. The van der Waals surface area contributed by atoms with Gasteiger partial charge in [-0.2, -0.15) is 5.16 Å². The number of hydrogen-bond acceptors (Lipinski definition) is 3. The molecule has 1 aliphatic carbocycles. The molecule has 1 aliphatic heterocycles. The summed E-state index contributed by atoms with van der Waals surface area (Å²) in [5.41, 5.74) is -0.199. The largest absolute Gasteiger partial charge is 0.383 e. The van der Waals surface area contributed by atoms with Gasteiger partial charge in [0.25, 0.3) is 5.56 Å². The lowest BCUT2D eigenvalue weighted by Gasteiger charge is -2.34. The molecule has 2 heterocycles. The van der Waals surface area contributed by atoms with Crippen LogP contribution in [0.5, 0.6) is 0 Å². The summed E-state index contributed by atoms with van der Waals surface area (Å²) in [5.74, 6) is -1.09. The summed E-state index contributed by atoms with van der Waals surface area (Å²) < 4.78 is 31.6. The maximum Gasteiger partial charge on any atom is 0.280 e. The smallest absolute Gasteiger partial charge is 0.280 e. The second-order valence-electron chi connectivity index (χ2n) is 6.52. The zero-order valence-electron chi connectivity index (χ0n) is 12.0. The number of H-pyrrole nitrogens is 1. The van der Waals surface area contributed by atoms with Crippen LogP contribution in [0.4, 0.5) is 8.78 Å². The Morgan fingerprint density at radius 3 is 2.71 bits per heavy atom. The van der Waals surface area contributed by atoms with Crippen molar-refractivity contribution < 1.29 is 13.3 Å². The SMILES string of the molecule is O=c1cc(C2CCNC(CC3CCC(F)(F)CC3)C2)o[nH]1. The normalized spacial score (nSPS) is 30.4. The van der Waals surface area contributed by atoms with Crippen molar-refractivity contribution in [3.63, 3.8) is 0 Å². The number of nitrogens with one attached hydrogen (secondary N) is 2. The van der Waals surface area contributed by atoms with Crippen LogP contribution < -0.4 is 10.9 Å². The molecule has 1 aromatic rings.